The zero-order chi connectivity index (χ0) is 39.9. The first-order valence-corrected chi connectivity index (χ1v) is 21.1. The minimum atomic E-state index is -0.944. The molecule has 1 aliphatic heterocycles. The molecule has 4 rings (SSSR count). The lowest BCUT2D eigenvalue weighted by molar-refractivity contribution is -0.139. The van der Waals surface area contributed by atoms with Gasteiger partial charge in [-0.3, -0.25) is 0 Å². The number of aryl methyl sites for hydroxylation is 1. The molecule has 1 aromatic heterocycles. The lowest BCUT2D eigenvalue weighted by atomic mass is 9.76. The van der Waals surface area contributed by atoms with E-state index in [-0.39, 0.29) is 30.9 Å². The van der Waals surface area contributed by atoms with Gasteiger partial charge in [0, 0.05) is 22.6 Å². The van der Waals surface area contributed by atoms with Crippen molar-refractivity contribution in [2.24, 2.45) is 0 Å². The van der Waals surface area contributed by atoms with Crippen LogP contribution in [0.25, 0.3) is 11.0 Å². The summed E-state index contributed by atoms with van der Waals surface area (Å²) in [6, 6.07) is 7.80. The fourth-order valence-corrected chi connectivity index (χ4v) is 8.08. The van der Waals surface area contributed by atoms with E-state index in [0.717, 1.165) is 41.4 Å². The number of nitrogens with one attached hydrogen (secondary N) is 2. The number of benzene rings is 2. The second-order valence-corrected chi connectivity index (χ2v) is 15.1. The van der Waals surface area contributed by atoms with Gasteiger partial charge in [-0.15, -0.1) is 0 Å². The molecule has 302 valence electrons. The maximum absolute atomic E-state index is 14.3. The monoisotopic (exact) mass is 775 g/mol. The average molecular weight is 776 g/mol. The molecule has 1 aliphatic rings. The summed E-state index contributed by atoms with van der Waals surface area (Å²) in [5, 5.41) is 3.41. The number of carbonyl (C=O) groups is 2. The highest BCUT2D eigenvalue weighted by molar-refractivity contribution is 7.71. The molecule has 3 aromatic rings. The van der Waals surface area contributed by atoms with E-state index < -0.39 is 17.9 Å². The van der Waals surface area contributed by atoms with E-state index in [9.17, 15) is 9.59 Å². The number of aromatic amines is 1. The first-order valence-electron chi connectivity index (χ1n) is 20.6. The number of anilines is 2. The molecule has 6 N–H and O–H groups in total. The molecule has 0 radical (unpaired) electrons. The standard InChI is InChI=1S/C44H65N5O5S/c1-7-11-12-13-14-15-16-17-18-19-20-21-22-23-31-32(45)27-33(46)41(52-8-2)38(31)40-37(42(50)53-9-3)30(6)47-35(39(40)43(51)54-10-4)28-49-36-25-24-29(5)26-34(36)48-44(49)55/h24-27,40,47H,7-23,28,45-46H2,1-6H3,(H,48,55). The highest BCUT2D eigenvalue weighted by Crippen LogP contribution is 2.48. The number of fused-ring (bicyclic) bond motifs is 1. The van der Waals surface area contributed by atoms with Crippen molar-refractivity contribution in [1.82, 2.24) is 14.9 Å². The summed E-state index contributed by atoms with van der Waals surface area (Å²) in [5.74, 6) is -1.65. The normalized spacial score (nSPS) is 14.4. The topological polar surface area (TPSA) is 147 Å². The number of H-pyrrole nitrogens is 1. The molecule has 0 bridgehead atoms. The van der Waals surface area contributed by atoms with Crippen molar-refractivity contribution in [2.75, 3.05) is 31.3 Å². The highest BCUT2D eigenvalue weighted by Gasteiger charge is 2.42. The number of imidazole rings is 1. The van der Waals surface area contributed by atoms with Gasteiger partial charge in [0.25, 0.3) is 0 Å². The summed E-state index contributed by atoms with van der Waals surface area (Å²) in [6.45, 7) is 12.3. The number of aromatic nitrogens is 2. The van der Waals surface area contributed by atoms with Gasteiger partial charge in [-0.25, -0.2) is 9.59 Å². The van der Waals surface area contributed by atoms with Crippen molar-refractivity contribution in [3.8, 4) is 5.75 Å². The number of dihydropyridines is 1. The smallest absolute Gasteiger partial charge is 0.336 e. The van der Waals surface area contributed by atoms with Crippen molar-refractivity contribution >= 4 is 46.6 Å². The Morgan fingerprint density at radius 1 is 0.764 bits per heavy atom. The molecule has 2 aromatic carbocycles. The van der Waals surface area contributed by atoms with Gasteiger partial charge in [-0.1, -0.05) is 90.0 Å². The molecule has 2 heterocycles. The minimum Gasteiger partial charge on any atom is -0.491 e. The Morgan fingerprint density at radius 3 is 1.93 bits per heavy atom. The second-order valence-electron chi connectivity index (χ2n) is 14.7. The number of ether oxygens (including phenoxy) is 3. The van der Waals surface area contributed by atoms with Crippen LogP contribution in [-0.4, -0.2) is 41.3 Å². The van der Waals surface area contributed by atoms with Crippen LogP contribution in [0.5, 0.6) is 5.75 Å². The molecule has 0 spiro atoms. The Bertz CT molecular complexity index is 1890. The predicted molar refractivity (Wildman–Crippen MR) is 227 cm³/mol. The van der Waals surface area contributed by atoms with E-state index in [4.69, 9.17) is 37.9 Å². The Balaban J connectivity index is 1.74. The summed E-state index contributed by atoms with van der Waals surface area (Å²) in [5.41, 5.74) is 20.3. The Hall–Kier alpha value is -4.25. The van der Waals surface area contributed by atoms with E-state index >= 15 is 0 Å². The number of allylic oxidation sites excluding steroid dienone is 2. The van der Waals surface area contributed by atoms with E-state index in [1.54, 1.807) is 19.9 Å². The summed E-state index contributed by atoms with van der Waals surface area (Å²) < 4.78 is 20.2. The van der Waals surface area contributed by atoms with Crippen molar-refractivity contribution in [3.63, 3.8) is 0 Å². The summed E-state index contributed by atoms with van der Waals surface area (Å²) >= 11 is 5.81. The van der Waals surface area contributed by atoms with E-state index in [0.29, 0.717) is 51.9 Å². The lowest BCUT2D eigenvalue weighted by Crippen LogP contribution is -2.35. The molecule has 0 amide bonds. The van der Waals surface area contributed by atoms with Crippen LogP contribution in [0, 0.1) is 11.7 Å². The zero-order valence-electron chi connectivity index (χ0n) is 34.2. The van der Waals surface area contributed by atoms with Crippen molar-refractivity contribution < 1.29 is 23.8 Å². The number of nitrogen functional groups attached to an aromatic ring is 2. The lowest BCUT2D eigenvalue weighted by Gasteiger charge is -2.34. The van der Waals surface area contributed by atoms with Crippen molar-refractivity contribution in [2.45, 2.75) is 144 Å². The van der Waals surface area contributed by atoms with Gasteiger partial charge < -0.3 is 40.5 Å². The van der Waals surface area contributed by atoms with Gasteiger partial charge >= 0.3 is 11.9 Å². The first kappa shape index (κ1) is 43.5. The fourth-order valence-electron chi connectivity index (χ4n) is 7.81. The molecule has 11 heteroatoms. The van der Waals surface area contributed by atoms with Crippen molar-refractivity contribution in [1.29, 1.82) is 0 Å². The minimum absolute atomic E-state index is 0.134. The maximum atomic E-state index is 14.3. The van der Waals surface area contributed by atoms with Gasteiger partial charge in [0.05, 0.1) is 60.2 Å². The van der Waals surface area contributed by atoms with Crippen LogP contribution in [0.15, 0.2) is 46.8 Å². The molecule has 1 atom stereocenters. The molecular weight excluding hydrogens is 711 g/mol. The quantitative estimate of drug-likeness (QED) is 0.0320. The third-order valence-electron chi connectivity index (χ3n) is 10.5. The number of nitrogens with two attached hydrogens (primary N) is 2. The Morgan fingerprint density at radius 2 is 1.35 bits per heavy atom. The maximum Gasteiger partial charge on any atom is 0.336 e. The van der Waals surface area contributed by atoms with Crippen LogP contribution < -0.4 is 21.5 Å². The summed E-state index contributed by atoms with van der Waals surface area (Å²) in [6.07, 6.45) is 16.7. The summed E-state index contributed by atoms with van der Waals surface area (Å²) in [7, 11) is 0. The molecule has 0 saturated carbocycles. The van der Waals surface area contributed by atoms with Gasteiger partial charge in [-0.2, -0.15) is 0 Å². The molecule has 0 aliphatic carbocycles. The zero-order valence-corrected chi connectivity index (χ0v) is 35.0. The van der Waals surface area contributed by atoms with E-state index in [1.165, 1.54) is 64.2 Å². The Kier molecular flexibility index (Phi) is 17.2. The predicted octanol–water partition coefficient (Wildman–Crippen LogP) is 10.2. The van der Waals surface area contributed by atoms with Crippen LogP contribution in [0.4, 0.5) is 11.4 Å². The number of rotatable bonds is 23. The fraction of sp³-hybridized carbons (Fsp3) is 0.568. The molecule has 55 heavy (non-hydrogen) atoms. The van der Waals surface area contributed by atoms with Crippen molar-refractivity contribution in [3.05, 3.63) is 68.3 Å². The SMILES string of the molecule is CCCCCCCCCCCCCCCc1c(N)cc(N)c(OCC)c1C1C(C(=O)OCC)=C(C)NC(Cn2c(=S)[nH]c3cc(C)ccc32)=C1C(=O)OCC. The van der Waals surface area contributed by atoms with Gasteiger partial charge in [-0.05, 0) is 89.0 Å². The number of nitrogens with zero attached hydrogens (tertiary/aromatic N) is 1. The number of carbonyl (C=O) groups excluding carboxylic acids is 2. The van der Waals surface area contributed by atoms with Crippen LogP contribution in [0.3, 0.4) is 0 Å². The molecule has 0 fully saturated rings. The third kappa shape index (κ3) is 11.2. The number of esters is 2. The third-order valence-corrected chi connectivity index (χ3v) is 10.8. The van der Waals surface area contributed by atoms with E-state index in [1.807, 2.05) is 43.5 Å². The van der Waals surface area contributed by atoms with Gasteiger partial charge in [0.1, 0.15) is 5.75 Å². The van der Waals surface area contributed by atoms with Crippen LogP contribution in [0.1, 0.15) is 141 Å². The molecule has 10 nitrogen and oxygen atoms in total. The molecule has 0 saturated heterocycles. The van der Waals surface area contributed by atoms with Gasteiger partial charge in [0.15, 0.2) is 4.77 Å². The number of unbranched alkanes of at least 4 members (excludes halogenated alkanes) is 12. The average Bonchev–Trinajstić information content (AvgIpc) is 3.44. The first-order chi connectivity index (χ1) is 26.6. The second kappa shape index (κ2) is 21.7. The number of hydrogen-bond acceptors (Lipinski definition) is 9. The summed E-state index contributed by atoms with van der Waals surface area (Å²) in [4.78, 5) is 31.7. The van der Waals surface area contributed by atoms with E-state index in [2.05, 4.69) is 17.2 Å². The largest absolute Gasteiger partial charge is 0.491 e. The highest BCUT2D eigenvalue weighted by atomic mass is 32.1. The Labute approximate surface area is 333 Å². The molecular formula is C44H65N5O5S. The van der Waals surface area contributed by atoms with Crippen LogP contribution in [0.2, 0.25) is 0 Å². The molecule has 1 unspecified atom stereocenters. The van der Waals surface area contributed by atoms with Crippen LogP contribution >= 0.6 is 12.2 Å². The number of hydrogen-bond donors (Lipinski definition) is 4. The van der Waals surface area contributed by atoms with Gasteiger partial charge in [0.2, 0.25) is 0 Å². The van der Waals surface area contributed by atoms with Crippen LogP contribution in [-0.2, 0) is 32.0 Å².